The predicted octanol–water partition coefficient (Wildman–Crippen LogP) is 2.82. The van der Waals surface area contributed by atoms with Crippen LogP contribution in [-0.4, -0.2) is 44.2 Å². The van der Waals surface area contributed by atoms with Crippen LogP contribution in [0.5, 0.6) is 11.5 Å². The highest BCUT2D eigenvalue weighted by Gasteiger charge is 2.31. The zero-order chi connectivity index (χ0) is 20.6. The zero-order valence-electron chi connectivity index (χ0n) is 16.8. The molecule has 1 atom stereocenters. The van der Waals surface area contributed by atoms with Crippen LogP contribution in [0.1, 0.15) is 20.3 Å². The quantitative estimate of drug-likeness (QED) is 0.716. The third kappa shape index (κ3) is 5.40. The zero-order valence-corrected chi connectivity index (χ0v) is 16.8. The summed E-state index contributed by atoms with van der Waals surface area (Å²) in [5.41, 5.74) is 1.49. The van der Waals surface area contributed by atoms with E-state index >= 15 is 0 Å². The number of nitrogens with one attached hydrogen (secondary N) is 2. The van der Waals surface area contributed by atoms with Gasteiger partial charge in [0.2, 0.25) is 5.91 Å². The van der Waals surface area contributed by atoms with Gasteiger partial charge in [-0.25, -0.2) is 0 Å². The van der Waals surface area contributed by atoms with E-state index in [1.54, 1.807) is 12.1 Å². The Morgan fingerprint density at radius 1 is 1.14 bits per heavy atom. The highest BCUT2D eigenvalue weighted by Crippen LogP contribution is 2.33. The minimum absolute atomic E-state index is 0.116. The molecule has 1 aliphatic heterocycles. The number of hydrogen-bond donors (Lipinski definition) is 2. The molecule has 2 aromatic rings. The van der Waals surface area contributed by atoms with Gasteiger partial charge in [-0.15, -0.1) is 0 Å². The summed E-state index contributed by atoms with van der Waals surface area (Å²) in [6, 6.07) is 14.7. The standard InChI is InChI=1S/C22H27N3O4/c1-3-13-23-22(27)20-14-25(18-7-5-6-8-19(18)29-20)15-21(26)24-16-9-11-17(12-10-16)28-4-2/h5-12,20H,3-4,13-15H2,1-2H3,(H,23,27)(H,24,26)/t20-/m1/s1. The molecule has 2 amide bonds. The van der Waals surface area contributed by atoms with E-state index in [2.05, 4.69) is 10.6 Å². The summed E-state index contributed by atoms with van der Waals surface area (Å²) in [7, 11) is 0. The van der Waals surface area contributed by atoms with Gasteiger partial charge in [-0.3, -0.25) is 9.59 Å². The molecule has 0 aromatic heterocycles. The van der Waals surface area contributed by atoms with Crippen LogP contribution in [0.15, 0.2) is 48.5 Å². The molecule has 0 saturated carbocycles. The first-order valence-electron chi connectivity index (χ1n) is 9.91. The molecule has 0 bridgehead atoms. The molecule has 154 valence electrons. The Balaban J connectivity index is 1.67. The molecule has 0 unspecified atom stereocenters. The number of amides is 2. The van der Waals surface area contributed by atoms with Gasteiger partial charge >= 0.3 is 0 Å². The lowest BCUT2D eigenvalue weighted by Crippen LogP contribution is -2.50. The molecular formula is C22H27N3O4. The lowest BCUT2D eigenvalue weighted by molar-refractivity contribution is -0.128. The number of para-hydroxylation sites is 2. The lowest BCUT2D eigenvalue weighted by atomic mass is 10.1. The number of carbonyl (C=O) groups is 2. The second kappa shape index (κ2) is 9.82. The number of rotatable bonds is 8. The van der Waals surface area contributed by atoms with Crippen LogP contribution in [0.25, 0.3) is 0 Å². The van der Waals surface area contributed by atoms with Gasteiger partial charge in [0.25, 0.3) is 5.91 Å². The van der Waals surface area contributed by atoms with Crippen molar-refractivity contribution in [2.45, 2.75) is 26.4 Å². The van der Waals surface area contributed by atoms with Gasteiger partial charge in [-0.2, -0.15) is 0 Å². The molecule has 1 aliphatic rings. The summed E-state index contributed by atoms with van der Waals surface area (Å²) in [6.45, 7) is 5.53. The Labute approximate surface area is 171 Å². The third-order valence-electron chi connectivity index (χ3n) is 4.49. The number of benzene rings is 2. The Morgan fingerprint density at radius 3 is 2.62 bits per heavy atom. The summed E-state index contributed by atoms with van der Waals surface area (Å²) in [5, 5.41) is 5.75. The van der Waals surface area contributed by atoms with Gasteiger partial charge in [-0.05, 0) is 49.7 Å². The Bertz CT molecular complexity index is 838. The van der Waals surface area contributed by atoms with Crippen molar-refractivity contribution in [2.75, 3.05) is 36.5 Å². The van der Waals surface area contributed by atoms with E-state index in [4.69, 9.17) is 9.47 Å². The maximum Gasteiger partial charge on any atom is 0.262 e. The van der Waals surface area contributed by atoms with E-state index in [9.17, 15) is 9.59 Å². The van der Waals surface area contributed by atoms with Crippen molar-refractivity contribution < 1.29 is 19.1 Å². The first kappa shape index (κ1) is 20.5. The summed E-state index contributed by atoms with van der Waals surface area (Å²) >= 11 is 0. The lowest BCUT2D eigenvalue weighted by Gasteiger charge is -2.35. The molecule has 1 heterocycles. The van der Waals surface area contributed by atoms with E-state index in [-0.39, 0.29) is 18.4 Å². The van der Waals surface area contributed by atoms with Gasteiger partial charge in [0.15, 0.2) is 6.10 Å². The van der Waals surface area contributed by atoms with E-state index < -0.39 is 6.10 Å². The van der Waals surface area contributed by atoms with Crippen LogP contribution < -0.4 is 25.0 Å². The smallest absolute Gasteiger partial charge is 0.262 e. The fraction of sp³-hybridized carbons (Fsp3) is 0.364. The Hall–Kier alpha value is -3.22. The average Bonchev–Trinajstić information content (AvgIpc) is 2.73. The second-order valence-electron chi connectivity index (χ2n) is 6.75. The molecule has 2 aromatic carbocycles. The third-order valence-corrected chi connectivity index (χ3v) is 4.49. The average molecular weight is 397 g/mol. The number of fused-ring (bicyclic) bond motifs is 1. The Kier molecular flexibility index (Phi) is 6.94. The van der Waals surface area contributed by atoms with E-state index in [0.717, 1.165) is 17.9 Å². The molecule has 7 nitrogen and oxygen atoms in total. The van der Waals surface area contributed by atoms with Crippen LogP contribution in [0, 0.1) is 0 Å². The predicted molar refractivity (Wildman–Crippen MR) is 113 cm³/mol. The van der Waals surface area contributed by atoms with Crippen molar-refractivity contribution in [2.24, 2.45) is 0 Å². The van der Waals surface area contributed by atoms with Crippen molar-refractivity contribution in [3.8, 4) is 11.5 Å². The molecule has 0 aliphatic carbocycles. The van der Waals surface area contributed by atoms with Crippen molar-refractivity contribution >= 4 is 23.2 Å². The summed E-state index contributed by atoms with van der Waals surface area (Å²) in [4.78, 5) is 26.9. The van der Waals surface area contributed by atoms with Crippen molar-refractivity contribution in [3.05, 3.63) is 48.5 Å². The first-order chi connectivity index (χ1) is 14.1. The monoisotopic (exact) mass is 397 g/mol. The first-order valence-corrected chi connectivity index (χ1v) is 9.91. The molecule has 0 saturated heterocycles. The Morgan fingerprint density at radius 2 is 1.90 bits per heavy atom. The summed E-state index contributed by atoms with van der Waals surface area (Å²) < 4.78 is 11.3. The molecule has 0 fully saturated rings. The number of anilines is 2. The fourth-order valence-electron chi connectivity index (χ4n) is 3.13. The molecule has 0 radical (unpaired) electrons. The minimum atomic E-state index is -0.658. The highest BCUT2D eigenvalue weighted by molar-refractivity contribution is 5.95. The van der Waals surface area contributed by atoms with Gasteiger partial charge < -0.3 is 25.0 Å². The van der Waals surface area contributed by atoms with Crippen LogP contribution in [-0.2, 0) is 9.59 Å². The second-order valence-corrected chi connectivity index (χ2v) is 6.75. The van der Waals surface area contributed by atoms with Crippen LogP contribution in [0.3, 0.4) is 0 Å². The van der Waals surface area contributed by atoms with Crippen molar-refractivity contribution in [1.82, 2.24) is 5.32 Å². The van der Waals surface area contributed by atoms with Gasteiger partial charge in [-0.1, -0.05) is 19.1 Å². The molecule has 3 rings (SSSR count). The minimum Gasteiger partial charge on any atom is -0.494 e. The summed E-state index contributed by atoms with van der Waals surface area (Å²) in [5.74, 6) is 1.02. The number of hydrogen-bond acceptors (Lipinski definition) is 5. The van der Waals surface area contributed by atoms with Gasteiger partial charge in [0.1, 0.15) is 11.5 Å². The van der Waals surface area contributed by atoms with Crippen molar-refractivity contribution in [3.63, 3.8) is 0 Å². The number of ether oxygens (including phenoxy) is 2. The molecular weight excluding hydrogens is 370 g/mol. The van der Waals surface area contributed by atoms with Crippen LogP contribution in [0.2, 0.25) is 0 Å². The highest BCUT2D eigenvalue weighted by atomic mass is 16.5. The number of carbonyl (C=O) groups excluding carboxylic acids is 2. The normalized spacial score (nSPS) is 15.1. The SMILES string of the molecule is CCCNC(=O)[C@H]1CN(CC(=O)Nc2ccc(OCC)cc2)c2ccccc2O1. The topological polar surface area (TPSA) is 79.9 Å². The number of nitrogens with zero attached hydrogens (tertiary/aromatic N) is 1. The van der Waals surface area contributed by atoms with Gasteiger partial charge in [0, 0.05) is 12.2 Å². The molecule has 0 spiro atoms. The summed E-state index contributed by atoms with van der Waals surface area (Å²) in [6.07, 6.45) is 0.193. The van der Waals surface area contributed by atoms with Crippen LogP contribution >= 0.6 is 0 Å². The largest absolute Gasteiger partial charge is 0.494 e. The maximum absolute atomic E-state index is 12.6. The van der Waals surface area contributed by atoms with E-state index in [1.807, 2.05) is 55.1 Å². The molecule has 29 heavy (non-hydrogen) atoms. The maximum atomic E-state index is 12.6. The van der Waals surface area contributed by atoms with Crippen molar-refractivity contribution in [1.29, 1.82) is 0 Å². The van der Waals surface area contributed by atoms with E-state index in [0.29, 0.717) is 31.1 Å². The molecule has 2 N–H and O–H groups in total. The fourth-order valence-corrected chi connectivity index (χ4v) is 3.13. The molecule has 7 heteroatoms. The van der Waals surface area contributed by atoms with E-state index in [1.165, 1.54) is 0 Å². The van der Waals surface area contributed by atoms with Crippen LogP contribution in [0.4, 0.5) is 11.4 Å². The van der Waals surface area contributed by atoms with Gasteiger partial charge in [0.05, 0.1) is 25.4 Å².